The summed E-state index contributed by atoms with van der Waals surface area (Å²) in [5.74, 6) is 2.52. The maximum atomic E-state index is 6.03. The van der Waals surface area contributed by atoms with Crippen molar-refractivity contribution in [1.29, 1.82) is 0 Å². The highest BCUT2D eigenvalue weighted by atomic mass is 16.7. The number of hydrogen-bond donors (Lipinski definition) is 0. The average molecular weight is 298 g/mol. The first kappa shape index (κ1) is 16.4. The predicted molar refractivity (Wildman–Crippen MR) is 91.5 cm³/mol. The minimum absolute atomic E-state index is 0.259. The Bertz CT molecular complexity index is 546. The van der Waals surface area contributed by atoms with Crippen molar-refractivity contribution >= 4 is 0 Å². The maximum absolute atomic E-state index is 6.03. The first-order valence-electron chi connectivity index (χ1n) is 8.08. The molecule has 0 aliphatic rings. The van der Waals surface area contributed by atoms with Crippen molar-refractivity contribution in [3.63, 3.8) is 0 Å². The van der Waals surface area contributed by atoms with Crippen LogP contribution >= 0.6 is 0 Å². The van der Waals surface area contributed by atoms with Gasteiger partial charge in [-0.3, -0.25) is 0 Å². The van der Waals surface area contributed by atoms with E-state index in [0.717, 1.165) is 17.9 Å². The molecule has 0 amide bonds. The van der Waals surface area contributed by atoms with Gasteiger partial charge in [0.15, 0.2) is 0 Å². The van der Waals surface area contributed by atoms with Crippen LogP contribution in [0.3, 0.4) is 0 Å². The van der Waals surface area contributed by atoms with E-state index in [9.17, 15) is 0 Å². The minimum atomic E-state index is -0.295. The topological polar surface area (TPSA) is 18.5 Å². The molecule has 0 aromatic heterocycles. The monoisotopic (exact) mass is 298 g/mol. The first-order valence-corrected chi connectivity index (χ1v) is 8.08. The van der Waals surface area contributed by atoms with E-state index in [0.29, 0.717) is 5.92 Å². The van der Waals surface area contributed by atoms with Gasteiger partial charge >= 0.3 is 0 Å². The molecule has 0 spiro atoms. The van der Waals surface area contributed by atoms with Gasteiger partial charge in [0.25, 0.3) is 0 Å². The van der Waals surface area contributed by atoms with Gasteiger partial charge in [-0.15, -0.1) is 0 Å². The van der Waals surface area contributed by atoms with Gasteiger partial charge < -0.3 is 9.47 Å². The number of benzene rings is 2. The van der Waals surface area contributed by atoms with Gasteiger partial charge in [-0.1, -0.05) is 58.0 Å². The fourth-order valence-electron chi connectivity index (χ4n) is 2.17. The van der Waals surface area contributed by atoms with E-state index >= 15 is 0 Å². The molecular formula is C20H26O2. The first-order chi connectivity index (χ1) is 10.6. The highest BCUT2D eigenvalue weighted by Crippen LogP contribution is 2.24. The smallest absolute Gasteiger partial charge is 0.243 e. The fraction of sp³-hybridized carbons (Fsp3) is 0.400. The Balaban J connectivity index is 2.05. The third kappa shape index (κ3) is 4.52. The van der Waals surface area contributed by atoms with Crippen LogP contribution in [0.4, 0.5) is 0 Å². The van der Waals surface area contributed by atoms with Gasteiger partial charge in [0, 0.05) is 5.92 Å². The zero-order chi connectivity index (χ0) is 15.9. The van der Waals surface area contributed by atoms with Crippen LogP contribution in [0.1, 0.15) is 45.6 Å². The lowest BCUT2D eigenvalue weighted by atomic mass is 9.99. The summed E-state index contributed by atoms with van der Waals surface area (Å²) in [5.41, 5.74) is 1.35. The largest absolute Gasteiger partial charge is 0.455 e. The van der Waals surface area contributed by atoms with Crippen LogP contribution in [0.2, 0.25) is 0 Å². The van der Waals surface area contributed by atoms with Crippen molar-refractivity contribution < 1.29 is 9.47 Å². The van der Waals surface area contributed by atoms with Gasteiger partial charge in [-0.2, -0.15) is 0 Å². The summed E-state index contributed by atoms with van der Waals surface area (Å²) < 4.78 is 12.0. The Kier molecular flexibility index (Phi) is 5.88. The summed E-state index contributed by atoms with van der Waals surface area (Å²) >= 11 is 0. The van der Waals surface area contributed by atoms with Crippen molar-refractivity contribution in [2.75, 3.05) is 0 Å². The molecule has 0 N–H and O–H groups in total. The van der Waals surface area contributed by atoms with Crippen molar-refractivity contribution in [3.05, 3.63) is 60.2 Å². The van der Waals surface area contributed by atoms with Gasteiger partial charge in [0.2, 0.25) is 6.29 Å². The highest BCUT2D eigenvalue weighted by molar-refractivity contribution is 5.29. The van der Waals surface area contributed by atoms with E-state index in [1.54, 1.807) is 0 Å². The molecule has 2 aromatic rings. The molecule has 2 rings (SSSR count). The van der Waals surface area contributed by atoms with E-state index in [4.69, 9.17) is 9.47 Å². The molecule has 2 heteroatoms. The Labute approximate surface area is 134 Å². The minimum Gasteiger partial charge on any atom is -0.455 e. The van der Waals surface area contributed by atoms with Gasteiger partial charge in [-0.25, -0.2) is 0 Å². The van der Waals surface area contributed by atoms with Crippen LogP contribution in [0.5, 0.6) is 11.5 Å². The molecule has 0 bridgehead atoms. The molecule has 2 aromatic carbocycles. The summed E-state index contributed by atoms with van der Waals surface area (Å²) in [6.07, 6.45) is 0.850. The Morgan fingerprint density at radius 1 is 0.773 bits per heavy atom. The number of para-hydroxylation sites is 1. The van der Waals surface area contributed by atoms with Crippen molar-refractivity contribution in [1.82, 2.24) is 0 Å². The standard InChI is InChI=1S/C20H26O2/c1-5-16(4)17-11-13-19(14-12-17)22-20(15(2)3)21-18-9-7-6-8-10-18/h6-16,20H,5H2,1-4H3. The fourth-order valence-corrected chi connectivity index (χ4v) is 2.17. The van der Waals surface area contributed by atoms with Crippen LogP contribution in [0.15, 0.2) is 54.6 Å². The lowest BCUT2D eigenvalue weighted by molar-refractivity contribution is -0.0297. The number of ether oxygens (including phenoxy) is 2. The second-order valence-corrected chi connectivity index (χ2v) is 6.04. The van der Waals surface area contributed by atoms with E-state index in [1.807, 2.05) is 42.5 Å². The van der Waals surface area contributed by atoms with Crippen molar-refractivity contribution in [2.45, 2.75) is 46.3 Å². The van der Waals surface area contributed by atoms with Gasteiger partial charge in [-0.05, 0) is 42.2 Å². The second-order valence-electron chi connectivity index (χ2n) is 6.04. The maximum Gasteiger partial charge on any atom is 0.243 e. The molecule has 0 aliphatic carbocycles. The van der Waals surface area contributed by atoms with Crippen LogP contribution < -0.4 is 9.47 Å². The molecule has 0 heterocycles. The van der Waals surface area contributed by atoms with Crippen LogP contribution in [-0.4, -0.2) is 6.29 Å². The second kappa shape index (κ2) is 7.88. The van der Waals surface area contributed by atoms with E-state index in [1.165, 1.54) is 5.56 Å². The molecule has 0 saturated heterocycles. The van der Waals surface area contributed by atoms with Gasteiger partial charge in [0.1, 0.15) is 11.5 Å². The van der Waals surface area contributed by atoms with E-state index in [-0.39, 0.29) is 12.2 Å². The summed E-state index contributed by atoms with van der Waals surface area (Å²) in [6, 6.07) is 18.2. The molecule has 2 unspecified atom stereocenters. The Hall–Kier alpha value is -1.96. The SMILES string of the molecule is CCC(C)c1ccc(OC(Oc2ccccc2)C(C)C)cc1. The molecule has 118 valence electrons. The highest BCUT2D eigenvalue weighted by Gasteiger charge is 2.17. The predicted octanol–water partition coefficient (Wildman–Crippen LogP) is 5.64. The summed E-state index contributed by atoms with van der Waals surface area (Å²) in [6.45, 7) is 8.64. The van der Waals surface area contributed by atoms with Crippen molar-refractivity contribution in [3.8, 4) is 11.5 Å². The number of hydrogen-bond acceptors (Lipinski definition) is 2. The lowest BCUT2D eigenvalue weighted by Crippen LogP contribution is -2.29. The molecule has 2 nitrogen and oxygen atoms in total. The average Bonchev–Trinajstić information content (AvgIpc) is 2.55. The zero-order valence-corrected chi connectivity index (χ0v) is 14.0. The Morgan fingerprint density at radius 2 is 1.32 bits per heavy atom. The third-order valence-electron chi connectivity index (χ3n) is 3.85. The molecule has 0 aliphatic heterocycles. The Morgan fingerprint density at radius 3 is 1.82 bits per heavy atom. The van der Waals surface area contributed by atoms with Crippen LogP contribution in [-0.2, 0) is 0 Å². The summed E-state index contributed by atoms with van der Waals surface area (Å²) in [4.78, 5) is 0. The van der Waals surface area contributed by atoms with Crippen LogP contribution in [0.25, 0.3) is 0 Å². The zero-order valence-electron chi connectivity index (χ0n) is 14.0. The third-order valence-corrected chi connectivity index (χ3v) is 3.85. The molecule has 0 saturated carbocycles. The quantitative estimate of drug-likeness (QED) is 0.616. The number of rotatable bonds is 7. The molecule has 0 radical (unpaired) electrons. The molecule has 2 atom stereocenters. The van der Waals surface area contributed by atoms with Crippen LogP contribution in [0, 0.1) is 5.92 Å². The van der Waals surface area contributed by atoms with E-state index < -0.39 is 0 Å². The van der Waals surface area contributed by atoms with Crippen molar-refractivity contribution in [2.24, 2.45) is 5.92 Å². The lowest BCUT2D eigenvalue weighted by Gasteiger charge is -2.24. The normalized spacial score (nSPS) is 13.7. The molecular weight excluding hydrogens is 272 g/mol. The summed E-state index contributed by atoms with van der Waals surface area (Å²) in [5, 5.41) is 0. The molecule has 22 heavy (non-hydrogen) atoms. The molecule has 0 fully saturated rings. The summed E-state index contributed by atoms with van der Waals surface area (Å²) in [7, 11) is 0. The van der Waals surface area contributed by atoms with Gasteiger partial charge in [0.05, 0.1) is 0 Å². The van der Waals surface area contributed by atoms with E-state index in [2.05, 4.69) is 39.8 Å².